The van der Waals surface area contributed by atoms with E-state index in [-0.39, 0.29) is 5.92 Å². The molecule has 1 saturated heterocycles. The standard InChI is InChI=1S/C24H26N6O2S2/c1-18-9-11-19(12-10-18)15-28-17-21(14-25-28)30-23(26-27-24(30)33)20-6-5-13-29(16-20)34(31,32)22-7-3-2-4-8-22/h2-4,7-12,14,17,20H,5-6,13,15-16H2,1H3,(H,27,33)/t20-/m0/s1. The highest BCUT2D eigenvalue weighted by molar-refractivity contribution is 7.89. The Morgan fingerprint density at radius 3 is 2.65 bits per heavy atom. The average Bonchev–Trinajstić information content (AvgIpc) is 3.47. The first-order valence-electron chi connectivity index (χ1n) is 11.2. The van der Waals surface area contributed by atoms with Crippen molar-refractivity contribution in [1.82, 2.24) is 28.9 Å². The molecule has 0 unspecified atom stereocenters. The van der Waals surface area contributed by atoms with Gasteiger partial charge in [0.15, 0.2) is 4.77 Å². The number of H-pyrrole nitrogens is 1. The summed E-state index contributed by atoms with van der Waals surface area (Å²) in [5, 5.41) is 11.9. The van der Waals surface area contributed by atoms with E-state index in [2.05, 4.69) is 46.5 Å². The molecule has 1 atom stereocenters. The number of rotatable bonds is 6. The molecule has 0 spiro atoms. The van der Waals surface area contributed by atoms with E-state index in [0.29, 0.717) is 29.3 Å². The van der Waals surface area contributed by atoms with Crippen LogP contribution in [0.5, 0.6) is 0 Å². The summed E-state index contributed by atoms with van der Waals surface area (Å²) in [4.78, 5) is 0.312. The van der Waals surface area contributed by atoms with Crippen LogP contribution in [0.1, 0.15) is 35.7 Å². The molecule has 4 aromatic rings. The van der Waals surface area contributed by atoms with Gasteiger partial charge in [-0.05, 0) is 49.7 Å². The Morgan fingerprint density at radius 1 is 1.12 bits per heavy atom. The predicted octanol–water partition coefficient (Wildman–Crippen LogP) is 4.05. The van der Waals surface area contributed by atoms with E-state index in [0.717, 1.165) is 29.9 Å². The highest BCUT2D eigenvalue weighted by Crippen LogP contribution is 2.30. The minimum Gasteiger partial charge on any atom is -0.269 e. The Bertz CT molecular complexity index is 1440. The molecule has 0 aliphatic carbocycles. The van der Waals surface area contributed by atoms with E-state index in [4.69, 9.17) is 12.2 Å². The largest absolute Gasteiger partial charge is 0.269 e. The Labute approximate surface area is 203 Å². The van der Waals surface area contributed by atoms with E-state index in [1.165, 1.54) is 5.56 Å². The number of sulfonamides is 1. The molecule has 0 radical (unpaired) electrons. The average molecular weight is 495 g/mol. The molecular formula is C24H26N6O2S2. The monoisotopic (exact) mass is 494 g/mol. The van der Waals surface area contributed by atoms with E-state index in [1.807, 2.05) is 21.5 Å². The Kier molecular flexibility index (Phi) is 6.20. The molecule has 176 valence electrons. The van der Waals surface area contributed by atoms with Gasteiger partial charge in [-0.25, -0.2) is 8.42 Å². The summed E-state index contributed by atoms with van der Waals surface area (Å²) in [6.07, 6.45) is 5.29. The highest BCUT2D eigenvalue weighted by atomic mass is 32.2. The fraction of sp³-hybridized carbons (Fsp3) is 0.292. The Hall–Kier alpha value is -3.08. The van der Waals surface area contributed by atoms with Crippen LogP contribution in [0.3, 0.4) is 0 Å². The van der Waals surface area contributed by atoms with Crippen molar-refractivity contribution in [2.24, 2.45) is 0 Å². The lowest BCUT2D eigenvalue weighted by atomic mass is 9.99. The third kappa shape index (κ3) is 4.48. The summed E-state index contributed by atoms with van der Waals surface area (Å²) in [5.74, 6) is 0.647. The molecular weight excluding hydrogens is 468 g/mol. The maximum atomic E-state index is 13.2. The van der Waals surface area contributed by atoms with Crippen molar-refractivity contribution in [3.05, 3.63) is 88.7 Å². The molecule has 1 aliphatic rings. The predicted molar refractivity (Wildman–Crippen MR) is 132 cm³/mol. The fourth-order valence-corrected chi connectivity index (χ4v) is 6.17. The normalized spacial score (nSPS) is 17.1. The SMILES string of the molecule is Cc1ccc(Cn2cc(-n3c([C@H]4CCCN(S(=O)(=O)c5ccccc5)C4)n[nH]c3=S)cn2)cc1. The van der Waals surface area contributed by atoms with Crippen molar-refractivity contribution >= 4 is 22.2 Å². The summed E-state index contributed by atoms with van der Waals surface area (Å²) < 4.78 is 32.1. The van der Waals surface area contributed by atoms with Crippen LogP contribution in [0.15, 0.2) is 71.9 Å². The molecule has 0 bridgehead atoms. The summed E-state index contributed by atoms with van der Waals surface area (Å²) in [7, 11) is -3.56. The third-order valence-electron chi connectivity index (χ3n) is 6.17. The van der Waals surface area contributed by atoms with Crippen LogP contribution < -0.4 is 0 Å². The van der Waals surface area contributed by atoms with Gasteiger partial charge in [0.2, 0.25) is 10.0 Å². The molecule has 2 aromatic heterocycles. The number of nitrogens with zero attached hydrogens (tertiary/aromatic N) is 5. The Morgan fingerprint density at radius 2 is 1.88 bits per heavy atom. The van der Waals surface area contributed by atoms with E-state index < -0.39 is 10.0 Å². The van der Waals surface area contributed by atoms with E-state index >= 15 is 0 Å². The molecule has 2 aromatic carbocycles. The third-order valence-corrected chi connectivity index (χ3v) is 8.32. The molecule has 0 saturated carbocycles. The zero-order chi connectivity index (χ0) is 23.7. The molecule has 1 N–H and O–H groups in total. The van der Waals surface area contributed by atoms with Crippen molar-refractivity contribution in [1.29, 1.82) is 0 Å². The van der Waals surface area contributed by atoms with Gasteiger partial charge in [0.1, 0.15) is 5.82 Å². The van der Waals surface area contributed by atoms with Gasteiger partial charge in [0.05, 0.1) is 23.3 Å². The zero-order valence-electron chi connectivity index (χ0n) is 18.8. The van der Waals surface area contributed by atoms with Gasteiger partial charge in [0, 0.05) is 25.2 Å². The molecule has 8 nitrogen and oxygen atoms in total. The van der Waals surface area contributed by atoms with Crippen molar-refractivity contribution < 1.29 is 8.42 Å². The molecule has 3 heterocycles. The molecule has 1 fully saturated rings. The van der Waals surface area contributed by atoms with Crippen molar-refractivity contribution in [2.75, 3.05) is 13.1 Å². The van der Waals surface area contributed by atoms with Crippen LogP contribution in [0.4, 0.5) is 0 Å². The molecule has 10 heteroatoms. The highest BCUT2D eigenvalue weighted by Gasteiger charge is 2.33. The van der Waals surface area contributed by atoms with Crippen molar-refractivity contribution in [3.63, 3.8) is 0 Å². The Balaban J connectivity index is 1.40. The number of hydrogen-bond acceptors (Lipinski definition) is 5. The summed E-state index contributed by atoms with van der Waals surface area (Å²) in [6.45, 7) is 3.56. The number of hydrogen-bond donors (Lipinski definition) is 1. The molecule has 5 rings (SSSR count). The topological polar surface area (TPSA) is 88.8 Å². The fourth-order valence-electron chi connectivity index (χ4n) is 4.38. The number of aryl methyl sites for hydroxylation is 1. The minimum absolute atomic E-state index is 0.0827. The van der Waals surface area contributed by atoms with Gasteiger partial charge in [0.25, 0.3) is 0 Å². The van der Waals surface area contributed by atoms with Crippen LogP contribution in [0.2, 0.25) is 0 Å². The first-order valence-corrected chi connectivity index (χ1v) is 13.1. The quantitative estimate of drug-likeness (QED) is 0.409. The molecule has 1 aliphatic heterocycles. The van der Waals surface area contributed by atoms with Gasteiger partial charge in [-0.2, -0.15) is 14.5 Å². The van der Waals surface area contributed by atoms with Crippen molar-refractivity contribution in [3.8, 4) is 5.69 Å². The second-order valence-electron chi connectivity index (χ2n) is 8.62. The second kappa shape index (κ2) is 9.28. The zero-order valence-corrected chi connectivity index (χ0v) is 20.5. The summed E-state index contributed by atoms with van der Waals surface area (Å²) in [6, 6.07) is 16.9. The number of aromatic nitrogens is 5. The number of nitrogens with one attached hydrogen (secondary N) is 1. The number of benzene rings is 2. The maximum absolute atomic E-state index is 13.2. The van der Waals surface area contributed by atoms with Crippen LogP contribution >= 0.6 is 12.2 Å². The smallest absolute Gasteiger partial charge is 0.243 e. The van der Waals surface area contributed by atoms with Crippen LogP contribution in [-0.4, -0.2) is 50.4 Å². The lowest BCUT2D eigenvalue weighted by molar-refractivity contribution is 0.307. The molecule has 0 amide bonds. The minimum atomic E-state index is -3.56. The van der Waals surface area contributed by atoms with Crippen LogP contribution in [0, 0.1) is 11.7 Å². The van der Waals surface area contributed by atoms with E-state index in [1.54, 1.807) is 34.8 Å². The first kappa shape index (κ1) is 22.7. The van der Waals surface area contributed by atoms with Crippen molar-refractivity contribution in [2.45, 2.75) is 37.1 Å². The lowest BCUT2D eigenvalue weighted by Gasteiger charge is -2.31. The van der Waals surface area contributed by atoms with Crippen LogP contribution in [0.25, 0.3) is 5.69 Å². The lowest BCUT2D eigenvalue weighted by Crippen LogP contribution is -2.39. The number of aromatic amines is 1. The summed E-state index contributed by atoms with van der Waals surface area (Å²) in [5.41, 5.74) is 3.18. The van der Waals surface area contributed by atoms with Gasteiger partial charge in [-0.3, -0.25) is 14.3 Å². The summed E-state index contributed by atoms with van der Waals surface area (Å²) >= 11 is 5.53. The van der Waals surface area contributed by atoms with Gasteiger partial charge < -0.3 is 0 Å². The maximum Gasteiger partial charge on any atom is 0.243 e. The molecule has 34 heavy (non-hydrogen) atoms. The van der Waals surface area contributed by atoms with Gasteiger partial charge >= 0.3 is 0 Å². The van der Waals surface area contributed by atoms with Gasteiger partial charge in [-0.1, -0.05) is 48.0 Å². The number of piperidine rings is 1. The first-order chi connectivity index (χ1) is 16.4. The van der Waals surface area contributed by atoms with Crippen LogP contribution in [-0.2, 0) is 16.6 Å². The van der Waals surface area contributed by atoms with Gasteiger partial charge in [-0.15, -0.1) is 0 Å². The second-order valence-corrected chi connectivity index (χ2v) is 10.9. The van der Waals surface area contributed by atoms with E-state index in [9.17, 15) is 8.42 Å².